The van der Waals surface area contributed by atoms with Gasteiger partial charge in [-0.05, 0) is 61.4 Å². The van der Waals surface area contributed by atoms with Crippen LogP contribution in [0.2, 0.25) is 0 Å². The Bertz CT molecular complexity index is 1500. The Morgan fingerprint density at radius 3 is 2.72 bits per heavy atom. The van der Waals surface area contributed by atoms with Gasteiger partial charge in [-0.25, -0.2) is 18.7 Å². The maximum absolute atomic E-state index is 13.5. The van der Waals surface area contributed by atoms with Crippen molar-refractivity contribution in [3.8, 4) is 0 Å². The highest BCUT2D eigenvalue weighted by Crippen LogP contribution is 2.16. The second-order valence-corrected chi connectivity index (χ2v) is 8.53. The molecule has 0 aliphatic heterocycles. The number of aromatic nitrogens is 3. The van der Waals surface area contributed by atoms with E-state index < -0.39 is 23.1 Å². The van der Waals surface area contributed by atoms with Gasteiger partial charge in [-0.3, -0.25) is 9.59 Å². The highest BCUT2D eigenvalue weighted by atomic mass is 19.2. The third-order valence-corrected chi connectivity index (χ3v) is 5.31. The lowest BCUT2D eigenvalue weighted by Gasteiger charge is -2.09. The highest BCUT2D eigenvalue weighted by Gasteiger charge is 2.12. The normalized spacial score (nSPS) is 11.4. The van der Waals surface area contributed by atoms with E-state index in [4.69, 9.17) is 0 Å². The van der Waals surface area contributed by atoms with Crippen molar-refractivity contribution in [2.75, 3.05) is 11.9 Å². The van der Waals surface area contributed by atoms with Gasteiger partial charge in [0.1, 0.15) is 5.56 Å². The molecule has 2 N–H and O–H groups in total. The Morgan fingerprint density at radius 1 is 1.11 bits per heavy atom. The number of nitrogens with one attached hydrogen (secondary N) is 2. The zero-order valence-corrected chi connectivity index (χ0v) is 19.8. The molecule has 0 saturated carbocycles. The molecule has 2 aromatic heterocycles. The second-order valence-electron chi connectivity index (χ2n) is 8.53. The fraction of sp³-hybridized carbons (Fsp3) is 0.185. The van der Waals surface area contributed by atoms with Crippen LogP contribution < -0.4 is 16.2 Å². The maximum Gasteiger partial charge on any atom is 0.263 e. The molecular formula is C27H25F2N5O2. The average molecular weight is 490 g/mol. The summed E-state index contributed by atoms with van der Waals surface area (Å²) in [6.45, 7) is 4.26. The molecule has 184 valence electrons. The minimum atomic E-state index is -0.993. The van der Waals surface area contributed by atoms with Gasteiger partial charge in [0.2, 0.25) is 5.95 Å². The van der Waals surface area contributed by atoms with Crippen LogP contribution in [0.5, 0.6) is 0 Å². The van der Waals surface area contributed by atoms with E-state index >= 15 is 0 Å². The number of hydrogen-bond donors (Lipinski definition) is 2. The van der Waals surface area contributed by atoms with Crippen molar-refractivity contribution in [2.45, 2.75) is 26.4 Å². The Kier molecular flexibility index (Phi) is 7.48. The van der Waals surface area contributed by atoms with E-state index in [-0.39, 0.29) is 24.7 Å². The van der Waals surface area contributed by atoms with Crippen LogP contribution >= 0.6 is 0 Å². The number of pyridine rings is 1. The van der Waals surface area contributed by atoms with Gasteiger partial charge in [-0.15, -0.1) is 0 Å². The lowest BCUT2D eigenvalue weighted by Crippen LogP contribution is -2.33. The van der Waals surface area contributed by atoms with Gasteiger partial charge in [-0.1, -0.05) is 24.3 Å². The SMILES string of the molecule is CC(C)Nc1ncc2cc(/C=C/CNC(=O)c3cccn(Cc4ccc(F)c(F)c4)c3=O)ccc2n1. The monoisotopic (exact) mass is 489 g/mol. The third-order valence-electron chi connectivity index (χ3n) is 5.31. The average Bonchev–Trinajstić information content (AvgIpc) is 2.85. The third kappa shape index (κ3) is 5.99. The molecule has 0 unspecified atom stereocenters. The van der Waals surface area contributed by atoms with E-state index in [1.54, 1.807) is 18.3 Å². The van der Waals surface area contributed by atoms with Gasteiger partial charge in [-0.2, -0.15) is 0 Å². The van der Waals surface area contributed by atoms with Crippen LogP contribution in [0.3, 0.4) is 0 Å². The van der Waals surface area contributed by atoms with E-state index in [2.05, 4.69) is 20.6 Å². The van der Waals surface area contributed by atoms with Crippen molar-refractivity contribution in [1.82, 2.24) is 19.9 Å². The summed E-state index contributed by atoms with van der Waals surface area (Å²) in [7, 11) is 0. The van der Waals surface area contributed by atoms with Crippen LogP contribution in [0, 0.1) is 11.6 Å². The van der Waals surface area contributed by atoms with Gasteiger partial charge in [0.15, 0.2) is 11.6 Å². The zero-order valence-electron chi connectivity index (χ0n) is 19.8. The zero-order chi connectivity index (χ0) is 25.7. The smallest absolute Gasteiger partial charge is 0.263 e. The highest BCUT2D eigenvalue weighted by molar-refractivity contribution is 5.93. The van der Waals surface area contributed by atoms with Gasteiger partial charge in [0.25, 0.3) is 11.5 Å². The van der Waals surface area contributed by atoms with E-state index in [1.807, 2.05) is 38.1 Å². The van der Waals surface area contributed by atoms with Gasteiger partial charge < -0.3 is 15.2 Å². The summed E-state index contributed by atoms with van der Waals surface area (Å²) in [5, 5.41) is 6.76. The molecule has 4 aromatic rings. The number of amides is 1. The van der Waals surface area contributed by atoms with Gasteiger partial charge in [0, 0.05) is 30.4 Å². The Hall–Kier alpha value is -4.40. The summed E-state index contributed by atoms with van der Waals surface area (Å²) in [6.07, 6.45) is 6.88. The molecule has 4 rings (SSSR count). The summed E-state index contributed by atoms with van der Waals surface area (Å²) < 4.78 is 27.9. The molecule has 7 nitrogen and oxygen atoms in total. The molecule has 9 heteroatoms. The molecule has 1 amide bonds. The van der Waals surface area contributed by atoms with Crippen LogP contribution in [0.25, 0.3) is 17.0 Å². The molecule has 36 heavy (non-hydrogen) atoms. The first kappa shape index (κ1) is 24.7. The Balaban J connectivity index is 1.39. The fourth-order valence-corrected chi connectivity index (χ4v) is 3.59. The van der Waals surface area contributed by atoms with Crippen molar-refractivity contribution in [1.29, 1.82) is 0 Å². The van der Waals surface area contributed by atoms with E-state index in [9.17, 15) is 18.4 Å². The van der Waals surface area contributed by atoms with Gasteiger partial charge >= 0.3 is 0 Å². The first-order chi connectivity index (χ1) is 17.3. The molecule has 0 bridgehead atoms. The maximum atomic E-state index is 13.5. The number of fused-ring (bicyclic) bond motifs is 1. The number of rotatable bonds is 8. The van der Waals surface area contributed by atoms with Crippen molar-refractivity contribution < 1.29 is 13.6 Å². The Labute approximate surface area is 206 Å². The molecule has 2 aromatic carbocycles. The topological polar surface area (TPSA) is 88.9 Å². The van der Waals surface area contributed by atoms with Crippen molar-refractivity contribution in [2.24, 2.45) is 0 Å². The van der Waals surface area contributed by atoms with E-state index in [1.165, 1.54) is 22.9 Å². The lowest BCUT2D eigenvalue weighted by atomic mass is 10.1. The van der Waals surface area contributed by atoms with Crippen LogP contribution in [0.15, 0.2) is 71.8 Å². The number of hydrogen-bond acceptors (Lipinski definition) is 5. The van der Waals surface area contributed by atoms with Crippen molar-refractivity contribution >= 4 is 28.8 Å². The first-order valence-corrected chi connectivity index (χ1v) is 11.4. The van der Waals surface area contributed by atoms with Gasteiger partial charge in [0.05, 0.1) is 12.1 Å². The summed E-state index contributed by atoms with van der Waals surface area (Å²) >= 11 is 0. The molecule has 0 atom stereocenters. The molecule has 0 aliphatic carbocycles. The van der Waals surface area contributed by atoms with Crippen LogP contribution in [0.1, 0.15) is 35.3 Å². The minimum absolute atomic E-state index is 0.0117. The second kappa shape index (κ2) is 10.9. The number of benzene rings is 2. The first-order valence-electron chi connectivity index (χ1n) is 11.4. The van der Waals surface area contributed by atoms with Crippen molar-refractivity contribution in [3.05, 3.63) is 106 Å². The Morgan fingerprint density at radius 2 is 1.94 bits per heavy atom. The number of carbonyl (C=O) groups excluding carboxylic acids is 1. The molecule has 0 radical (unpaired) electrons. The molecule has 0 saturated heterocycles. The summed E-state index contributed by atoms with van der Waals surface area (Å²) in [6, 6.07) is 12.4. The van der Waals surface area contributed by atoms with Crippen LogP contribution in [-0.4, -0.2) is 33.0 Å². The van der Waals surface area contributed by atoms with E-state index in [0.717, 1.165) is 28.6 Å². The molecular weight excluding hydrogens is 464 g/mol. The lowest BCUT2D eigenvalue weighted by molar-refractivity contribution is 0.0956. The molecule has 0 spiro atoms. The van der Waals surface area contributed by atoms with Crippen molar-refractivity contribution in [3.63, 3.8) is 0 Å². The number of nitrogens with zero attached hydrogens (tertiary/aromatic N) is 3. The fourth-order valence-electron chi connectivity index (χ4n) is 3.59. The number of halogens is 2. The summed E-state index contributed by atoms with van der Waals surface area (Å²) in [5.74, 6) is -1.90. The van der Waals surface area contributed by atoms with E-state index in [0.29, 0.717) is 11.5 Å². The summed E-state index contributed by atoms with van der Waals surface area (Å²) in [4.78, 5) is 34.1. The summed E-state index contributed by atoms with van der Waals surface area (Å²) in [5.41, 5.74) is 1.58. The number of anilines is 1. The standard InChI is InChI=1S/C27H25F2N5O2/c1-17(2)32-27-31-15-20-13-18(8-10-24(20)33-27)5-3-11-30-25(35)21-6-4-12-34(26(21)36)16-19-7-9-22(28)23(29)14-19/h3-10,12-15,17H,11,16H2,1-2H3,(H,30,35)(H,31,32,33)/b5-3+. The largest absolute Gasteiger partial charge is 0.352 e. The predicted molar refractivity (Wildman–Crippen MR) is 136 cm³/mol. The van der Waals surface area contributed by atoms with Crippen LogP contribution in [0.4, 0.5) is 14.7 Å². The molecule has 0 fully saturated rings. The predicted octanol–water partition coefficient (Wildman–Crippen LogP) is 4.38. The van der Waals surface area contributed by atoms with Crippen LogP contribution in [-0.2, 0) is 6.54 Å². The number of carbonyl (C=O) groups is 1. The molecule has 0 aliphatic rings. The molecule has 2 heterocycles. The minimum Gasteiger partial charge on any atom is -0.352 e. The quantitative estimate of drug-likeness (QED) is 0.384.